The summed E-state index contributed by atoms with van der Waals surface area (Å²) in [5, 5.41) is 4.41. The SMILES string of the molecule is CCCSc1ncc(CN2CC[C@H]3CNC[C@H]32)cn1.Cl.Cl. The van der Waals surface area contributed by atoms with E-state index in [1.54, 1.807) is 11.8 Å². The molecule has 1 N–H and O–H groups in total. The molecule has 7 heteroatoms. The molecule has 2 aliphatic rings. The molecule has 120 valence electrons. The third kappa shape index (κ3) is 4.70. The summed E-state index contributed by atoms with van der Waals surface area (Å²) in [6.07, 6.45) is 6.50. The van der Waals surface area contributed by atoms with E-state index in [0.29, 0.717) is 0 Å². The predicted molar refractivity (Wildman–Crippen MR) is 92.7 cm³/mol. The summed E-state index contributed by atoms with van der Waals surface area (Å²) in [6.45, 7) is 6.76. The number of nitrogens with one attached hydrogen (secondary N) is 1. The number of nitrogens with zero attached hydrogens (tertiary/aromatic N) is 3. The van der Waals surface area contributed by atoms with E-state index >= 15 is 0 Å². The quantitative estimate of drug-likeness (QED) is 0.652. The number of thioether (sulfide) groups is 1. The molecule has 0 bridgehead atoms. The van der Waals surface area contributed by atoms with Crippen molar-refractivity contribution < 1.29 is 0 Å². The first-order chi connectivity index (χ1) is 9.36. The molecule has 1 aromatic heterocycles. The topological polar surface area (TPSA) is 41.1 Å². The van der Waals surface area contributed by atoms with Crippen molar-refractivity contribution in [2.45, 2.75) is 37.5 Å². The fraction of sp³-hybridized carbons (Fsp3) is 0.714. The first kappa shape index (κ1) is 19.0. The maximum Gasteiger partial charge on any atom is 0.187 e. The molecule has 2 aliphatic heterocycles. The van der Waals surface area contributed by atoms with Crippen molar-refractivity contribution in [3.8, 4) is 0 Å². The fourth-order valence-electron chi connectivity index (χ4n) is 3.06. The maximum atomic E-state index is 4.45. The zero-order chi connectivity index (χ0) is 13.1. The highest BCUT2D eigenvalue weighted by Crippen LogP contribution is 2.28. The highest BCUT2D eigenvalue weighted by molar-refractivity contribution is 7.99. The van der Waals surface area contributed by atoms with Crippen LogP contribution in [0.2, 0.25) is 0 Å². The summed E-state index contributed by atoms with van der Waals surface area (Å²) in [7, 11) is 0. The standard InChI is InChI=1S/C14H22N4S.2ClH/c1-2-5-19-14-16-6-11(7-17-14)10-18-4-3-12-8-15-9-13(12)18;;/h6-7,12-13,15H,2-5,8-10H2,1H3;2*1H/t12-,13+;;/m0../s1. The summed E-state index contributed by atoms with van der Waals surface area (Å²) in [5.41, 5.74) is 1.24. The molecule has 3 heterocycles. The van der Waals surface area contributed by atoms with Crippen molar-refractivity contribution in [2.75, 3.05) is 25.4 Å². The smallest absolute Gasteiger partial charge is 0.187 e. The summed E-state index contributed by atoms with van der Waals surface area (Å²) in [6, 6.07) is 0.731. The second-order valence-corrected chi connectivity index (χ2v) is 6.53. The zero-order valence-electron chi connectivity index (χ0n) is 12.3. The van der Waals surface area contributed by atoms with Crippen molar-refractivity contribution >= 4 is 36.6 Å². The van der Waals surface area contributed by atoms with Gasteiger partial charge in [0.1, 0.15) is 0 Å². The lowest BCUT2D eigenvalue weighted by atomic mass is 10.1. The Morgan fingerprint density at radius 3 is 2.76 bits per heavy atom. The average Bonchev–Trinajstić information content (AvgIpc) is 3.03. The van der Waals surface area contributed by atoms with Gasteiger partial charge in [0, 0.05) is 42.8 Å². The second-order valence-electron chi connectivity index (χ2n) is 5.47. The van der Waals surface area contributed by atoms with Gasteiger partial charge in [0.25, 0.3) is 0 Å². The monoisotopic (exact) mass is 350 g/mol. The number of rotatable bonds is 5. The zero-order valence-corrected chi connectivity index (χ0v) is 14.8. The van der Waals surface area contributed by atoms with E-state index in [4.69, 9.17) is 0 Å². The van der Waals surface area contributed by atoms with E-state index in [-0.39, 0.29) is 24.8 Å². The molecule has 2 atom stereocenters. The van der Waals surface area contributed by atoms with Gasteiger partial charge in [0.15, 0.2) is 5.16 Å². The number of aromatic nitrogens is 2. The Hall–Kier alpha value is -0.0700. The molecule has 0 spiro atoms. The van der Waals surface area contributed by atoms with Crippen LogP contribution in [0.4, 0.5) is 0 Å². The van der Waals surface area contributed by atoms with Crippen LogP contribution in [0, 0.1) is 5.92 Å². The lowest BCUT2D eigenvalue weighted by molar-refractivity contribution is 0.243. The van der Waals surface area contributed by atoms with E-state index in [0.717, 1.165) is 36.0 Å². The van der Waals surface area contributed by atoms with Gasteiger partial charge in [-0.2, -0.15) is 0 Å². The molecular weight excluding hydrogens is 327 g/mol. The van der Waals surface area contributed by atoms with Gasteiger partial charge in [-0.15, -0.1) is 24.8 Å². The first-order valence-electron chi connectivity index (χ1n) is 7.25. The van der Waals surface area contributed by atoms with Gasteiger partial charge in [-0.3, -0.25) is 4.90 Å². The Morgan fingerprint density at radius 1 is 1.29 bits per heavy atom. The minimum atomic E-state index is 0. The van der Waals surface area contributed by atoms with Crippen molar-refractivity contribution in [3.63, 3.8) is 0 Å². The average molecular weight is 351 g/mol. The van der Waals surface area contributed by atoms with Gasteiger partial charge in [-0.25, -0.2) is 9.97 Å². The molecule has 1 aromatic rings. The highest BCUT2D eigenvalue weighted by Gasteiger charge is 2.37. The second kappa shape index (κ2) is 9.16. The summed E-state index contributed by atoms with van der Waals surface area (Å²) < 4.78 is 0. The highest BCUT2D eigenvalue weighted by atomic mass is 35.5. The van der Waals surface area contributed by atoms with E-state index < -0.39 is 0 Å². The van der Waals surface area contributed by atoms with E-state index in [1.807, 2.05) is 12.4 Å². The van der Waals surface area contributed by atoms with Crippen LogP contribution in [0.3, 0.4) is 0 Å². The van der Waals surface area contributed by atoms with Crippen molar-refractivity contribution in [2.24, 2.45) is 5.92 Å². The van der Waals surface area contributed by atoms with Crippen LogP contribution in [0.5, 0.6) is 0 Å². The van der Waals surface area contributed by atoms with E-state index in [2.05, 4.69) is 27.1 Å². The summed E-state index contributed by atoms with van der Waals surface area (Å²) in [5.74, 6) is 1.96. The predicted octanol–water partition coefficient (Wildman–Crippen LogP) is 2.62. The van der Waals surface area contributed by atoms with Gasteiger partial charge in [0.05, 0.1) is 0 Å². The van der Waals surface area contributed by atoms with Crippen LogP contribution in [0.25, 0.3) is 0 Å². The van der Waals surface area contributed by atoms with Gasteiger partial charge in [0.2, 0.25) is 0 Å². The Balaban J connectivity index is 0.00000110. The molecule has 2 fully saturated rings. The number of hydrogen-bond donors (Lipinski definition) is 1. The molecule has 0 radical (unpaired) electrons. The van der Waals surface area contributed by atoms with Crippen molar-refractivity contribution in [3.05, 3.63) is 18.0 Å². The molecule has 0 unspecified atom stereocenters. The molecule has 21 heavy (non-hydrogen) atoms. The number of halogens is 2. The van der Waals surface area contributed by atoms with Crippen molar-refractivity contribution in [1.82, 2.24) is 20.2 Å². The molecule has 3 rings (SSSR count). The molecule has 2 saturated heterocycles. The summed E-state index contributed by atoms with van der Waals surface area (Å²) >= 11 is 1.74. The van der Waals surface area contributed by atoms with Gasteiger partial charge in [-0.05, 0) is 31.8 Å². The number of fused-ring (bicyclic) bond motifs is 1. The fourth-order valence-corrected chi connectivity index (χ4v) is 3.70. The lowest BCUT2D eigenvalue weighted by Gasteiger charge is -2.22. The Labute approximate surface area is 143 Å². The third-order valence-electron chi connectivity index (χ3n) is 4.06. The van der Waals surface area contributed by atoms with Crippen molar-refractivity contribution in [1.29, 1.82) is 0 Å². The Bertz CT molecular complexity index is 418. The molecular formula is C14H24Cl2N4S. The van der Waals surface area contributed by atoms with E-state index in [9.17, 15) is 0 Å². The summed E-state index contributed by atoms with van der Waals surface area (Å²) in [4.78, 5) is 11.5. The van der Waals surface area contributed by atoms with Crippen LogP contribution in [0.15, 0.2) is 17.6 Å². The minimum absolute atomic E-state index is 0. The normalized spacial score (nSPS) is 24.2. The van der Waals surface area contributed by atoms with Gasteiger partial charge < -0.3 is 5.32 Å². The molecule has 4 nitrogen and oxygen atoms in total. The largest absolute Gasteiger partial charge is 0.315 e. The first-order valence-corrected chi connectivity index (χ1v) is 8.24. The third-order valence-corrected chi connectivity index (χ3v) is 5.14. The molecule has 0 aromatic carbocycles. The van der Waals surface area contributed by atoms with Crippen LogP contribution >= 0.6 is 36.6 Å². The van der Waals surface area contributed by atoms with Crippen LogP contribution in [-0.4, -0.2) is 46.3 Å². The minimum Gasteiger partial charge on any atom is -0.315 e. The van der Waals surface area contributed by atoms with Gasteiger partial charge >= 0.3 is 0 Å². The number of likely N-dealkylation sites (tertiary alicyclic amines) is 1. The van der Waals surface area contributed by atoms with Crippen LogP contribution < -0.4 is 5.32 Å². The van der Waals surface area contributed by atoms with Crippen LogP contribution in [0.1, 0.15) is 25.3 Å². The Kier molecular flexibility index (Phi) is 8.27. The van der Waals surface area contributed by atoms with Crippen LogP contribution in [-0.2, 0) is 6.54 Å². The van der Waals surface area contributed by atoms with E-state index in [1.165, 1.54) is 31.5 Å². The lowest BCUT2D eigenvalue weighted by Crippen LogP contribution is -2.33. The maximum absolute atomic E-state index is 4.45. The van der Waals surface area contributed by atoms with Gasteiger partial charge in [-0.1, -0.05) is 18.7 Å². The molecule has 0 saturated carbocycles. The Morgan fingerprint density at radius 2 is 2.05 bits per heavy atom. The molecule has 0 aliphatic carbocycles. The molecule has 0 amide bonds. The number of hydrogen-bond acceptors (Lipinski definition) is 5.